The van der Waals surface area contributed by atoms with Gasteiger partial charge in [-0.05, 0) is 25.2 Å². The topological polar surface area (TPSA) is 55.6 Å². The molecular formula is C12H24N2O2. The molecule has 2 atom stereocenters. The fourth-order valence-corrected chi connectivity index (χ4v) is 2.17. The third-order valence-electron chi connectivity index (χ3n) is 3.36. The molecule has 1 fully saturated rings. The first kappa shape index (κ1) is 13.5. The third-order valence-corrected chi connectivity index (χ3v) is 3.36. The Morgan fingerprint density at radius 1 is 1.62 bits per heavy atom. The third kappa shape index (κ3) is 3.76. The Morgan fingerprint density at radius 2 is 2.38 bits per heavy atom. The van der Waals surface area contributed by atoms with E-state index in [1.165, 1.54) is 0 Å². The summed E-state index contributed by atoms with van der Waals surface area (Å²) < 4.78 is 4.95. The van der Waals surface area contributed by atoms with Crippen LogP contribution in [0.3, 0.4) is 0 Å². The Bertz CT molecular complexity index is 221. The van der Waals surface area contributed by atoms with Gasteiger partial charge >= 0.3 is 0 Å². The van der Waals surface area contributed by atoms with Crippen molar-refractivity contribution in [3.05, 3.63) is 0 Å². The Hall–Kier alpha value is -0.610. The van der Waals surface area contributed by atoms with Gasteiger partial charge in [-0.2, -0.15) is 0 Å². The molecule has 0 aromatic rings. The summed E-state index contributed by atoms with van der Waals surface area (Å²) in [5.41, 5.74) is 5.88. The molecule has 0 aliphatic carbocycles. The van der Waals surface area contributed by atoms with Gasteiger partial charge in [0.1, 0.15) is 0 Å². The number of nitrogens with zero attached hydrogens (tertiary/aromatic N) is 1. The van der Waals surface area contributed by atoms with E-state index in [0.29, 0.717) is 12.5 Å². The van der Waals surface area contributed by atoms with Gasteiger partial charge in [-0.15, -0.1) is 0 Å². The average molecular weight is 228 g/mol. The van der Waals surface area contributed by atoms with E-state index in [2.05, 4.69) is 6.92 Å². The minimum atomic E-state index is -0.342. The molecule has 0 radical (unpaired) electrons. The van der Waals surface area contributed by atoms with Crippen LogP contribution in [0.1, 0.15) is 32.6 Å². The smallest absolute Gasteiger partial charge is 0.239 e. The van der Waals surface area contributed by atoms with Gasteiger partial charge in [-0.1, -0.05) is 13.3 Å². The number of ether oxygens (including phenoxy) is 1. The maximum Gasteiger partial charge on any atom is 0.239 e. The van der Waals surface area contributed by atoms with Crippen LogP contribution in [0.5, 0.6) is 0 Å². The lowest BCUT2D eigenvalue weighted by atomic mass is 10.1. The molecule has 1 rings (SSSR count). The minimum absolute atomic E-state index is 0.118. The number of carbonyl (C=O) groups excluding carboxylic acids is 1. The van der Waals surface area contributed by atoms with Gasteiger partial charge in [0, 0.05) is 26.8 Å². The molecule has 0 bridgehead atoms. The molecule has 1 saturated heterocycles. The van der Waals surface area contributed by atoms with Crippen molar-refractivity contribution >= 4 is 5.91 Å². The van der Waals surface area contributed by atoms with Crippen LogP contribution in [0.25, 0.3) is 0 Å². The number of nitrogens with two attached hydrogens (primary N) is 1. The van der Waals surface area contributed by atoms with Gasteiger partial charge < -0.3 is 15.4 Å². The van der Waals surface area contributed by atoms with Crippen LogP contribution >= 0.6 is 0 Å². The number of hydrogen-bond donors (Lipinski definition) is 1. The summed E-state index contributed by atoms with van der Waals surface area (Å²) in [4.78, 5) is 13.9. The first-order valence-electron chi connectivity index (χ1n) is 6.22. The van der Waals surface area contributed by atoms with E-state index in [4.69, 9.17) is 10.5 Å². The van der Waals surface area contributed by atoms with Crippen molar-refractivity contribution in [2.45, 2.75) is 38.6 Å². The van der Waals surface area contributed by atoms with E-state index >= 15 is 0 Å². The van der Waals surface area contributed by atoms with Crippen LogP contribution in [0, 0.1) is 5.92 Å². The molecule has 0 aromatic carbocycles. The fourth-order valence-electron chi connectivity index (χ4n) is 2.17. The van der Waals surface area contributed by atoms with Crippen LogP contribution < -0.4 is 5.73 Å². The van der Waals surface area contributed by atoms with Crippen LogP contribution in [0.15, 0.2) is 0 Å². The second-order valence-electron chi connectivity index (χ2n) is 4.59. The van der Waals surface area contributed by atoms with E-state index in [0.717, 1.165) is 38.8 Å². The summed E-state index contributed by atoms with van der Waals surface area (Å²) in [5.74, 6) is 0.794. The molecule has 1 amide bonds. The molecule has 0 aromatic heterocycles. The monoisotopic (exact) mass is 228 g/mol. The summed E-state index contributed by atoms with van der Waals surface area (Å²) in [6, 6.07) is -0.342. The van der Waals surface area contributed by atoms with E-state index in [1.807, 2.05) is 4.90 Å². The van der Waals surface area contributed by atoms with Gasteiger partial charge in [-0.3, -0.25) is 4.79 Å². The second kappa shape index (κ2) is 6.86. The van der Waals surface area contributed by atoms with Crippen LogP contribution in [0.4, 0.5) is 0 Å². The summed E-state index contributed by atoms with van der Waals surface area (Å²) >= 11 is 0. The number of likely N-dealkylation sites (tertiary alicyclic amines) is 1. The van der Waals surface area contributed by atoms with Gasteiger partial charge in [0.2, 0.25) is 5.91 Å². The highest BCUT2D eigenvalue weighted by Crippen LogP contribution is 2.19. The highest BCUT2D eigenvalue weighted by Gasteiger charge is 2.27. The first-order valence-corrected chi connectivity index (χ1v) is 6.22. The first-order chi connectivity index (χ1) is 7.69. The Balaban J connectivity index is 2.28. The van der Waals surface area contributed by atoms with Crippen LogP contribution in [0.2, 0.25) is 0 Å². The molecule has 2 N–H and O–H groups in total. The van der Waals surface area contributed by atoms with Crippen molar-refractivity contribution < 1.29 is 9.53 Å². The van der Waals surface area contributed by atoms with Crippen molar-refractivity contribution in [1.82, 2.24) is 4.90 Å². The number of amides is 1. The second-order valence-corrected chi connectivity index (χ2v) is 4.59. The lowest BCUT2D eigenvalue weighted by Gasteiger charge is -2.20. The molecule has 4 heteroatoms. The Kier molecular flexibility index (Phi) is 5.77. The molecule has 1 aliphatic heterocycles. The maximum absolute atomic E-state index is 12.0. The Labute approximate surface area is 98.1 Å². The molecule has 16 heavy (non-hydrogen) atoms. The highest BCUT2D eigenvalue weighted by molar-refractivity contribution is 5.81. The predicted octanol–water partition coefficient (Wildman–Crippen LogP) is 0.999. The van der Waals surface area contributed by atoms with Crippen LogP contribution in [-0.2, 0) is 9.53 Å². The predicted molar refractivity (Wildman–Crippen MR) is 64.1 cm³/mol. The molecular weight excluding hydrogens is 204 g/mol. The van der Waals surface area contributed by atoms with Crippen molar-refractivity contribution in [2.75, 3.05) is 26.8 Å². The SMILES string of the molecule is CCC1CCN(C(=O)C(N)CCCOC)C1. The Morgan fingerprint density at radius 3 is 2.94 bits per heavy atom. The normalized spacial score (nSPS) is 22.4. The number of carbonyl (C=O) groups is 1. The van der Waals surface area contributed by atoms with Gasteiger partial charge in [0.25, 0.3) is 0 Å². The van der Waals surface area contributed by atoms with E-state index in [9.17, 15) is 4.79 Å². The maximum atomic E-state index is 12.0. The van der Waals surface area contributed by atoms with Gasteiger partial charge in [0.15, 0.2) is 0 Å². The molecule has 1 heterocycles. The summed E-state index contributed by atoms with van der Waals surface area (Å²) in [6.07, 6.45) is 3.87. The van der Waals surface area contributed by atoms with Crippen molar-refractivity contribution in [3.8, 4) is 0 Å². The fraction of sp³-hybridized carbons (Fsp3) is 0.917. The lowest BCUT2D eigenvalue weighted by Crippen LogP contribution is -2.42. The summed E-state index contributed by atoms with van der Waals surface area (Å²) in [5, 5.41) is 0. The van der Waals surface area contributed by atoms with Crippen LogP contribution in [-0.4, -0.2) is 43.7 Å². The van der Waals surface area contributed by atoms with Gasteiger partial charge in [0.05, 0.1) is 6.04 Å². The minimum Gasteiger partial charge on any atom is -0.385 e. The quantitative estimate of drug-likeness (QED) is 0.690. The molecule has 94 valence electrons. The van der Waals surface area contributed by atoms with Crippen molar-refractivity contribution in [3.63, 3.8) is 0 Å². The summed E-state index contributed by atoms with van der Waals surface area (Å²) in [6.45, 7) is 4.64. The largest absolute Gasteiger partial charge is 0.385 e. The molecule has 4 nitrogen and oxygen atoms in total. The van der Waals surface area contributed by atoms with Crippen molar-refractivity contribution in [1.29, 1.82) is 0 Å². The molecule has 1 aliphatic rings. The van der Waals surface area contributed by atoms with E-state index in [1.54, 1.807) is 7.11 Å². The van der Waals surface area contributed by atoms with E-state index < -0.39 is 0 Å². The molecule has 2 unspecified atom stereocenters. The zero-order valence-corrected chi connectivity index (χ0v) is 10.4. The highest BCUT2D eigenvalue weighted by atomic mass is 16.5. The zero-order chi connectivity index (χ0) is 12.0. The standard InChI is InChI=1S/C12H24N2O2/c1-3-10-6-7-14(9-10)12(15)11(13)5-4-8-16-2/h10-11H,3-9,13H2,1-2H3. The number of hydrogen-bond acceptors (Lipinski definition) is 3. The van der Waals surface area contributed by atoms with E-state index in [-0.39, 0.29) is 11.9 Å². The molecule has 0 saturated carbocycles. The van der Waals surface area contributed by atoms with Gasteiger partial charge in [-0.25, -0.2) is 0 Å². The number of rotatable bonds is 6. The number of methoxy groups -OCH3 is 1. The average Bonchev–Trinajstić information content (AvgIpc) is 2.76. The zero-order valence-electron chi connectivity index (χ0n) is 10.4. The van der Waals surface area contributed by atoms with Crippen molar-refractivity contribution in [2.24, 2.45) is 11.7 Å². The molecule has 0 spiro atoms. The lowest BCUT2D eigenvalue weighted by molar-refractivity contribution is -0.131. The summed E-state index contributed by atoms with van der Waals surface area (Å²) in [7, 11) is 1.67.